The first-order valence-corrected chi connectivity index (χ1v) is 24.8. The molecule has 11 atom stereocenters. The molecule has 5 heterocycles. The highest BCUT2D eigenvalue weighted by Gasteiger charge is 2.56. The van der Waals surface area contributed by atoms with Crippen molar-refractivity contribution in [3.05, 3.63) is 132 Å². The molecule has 0 amide bonds. The van der Waals surface area contributed by atoms with Crippen molar-refractivity contribution in [2.45, 2.75) is 158 Å². The number of fused-ring (bicyclic) bond motifs is 4. The van der Waals surface area contributed by atoms with E-state index in [1.807, 2.05) is 48.5 Å². The van der Waals surface area contributed by atoms with Gasteiger partial charge in [-0.2, -0.15) is 0 Å². The molecule has 0 radical (unpaired) electrons. The molecular formula is C52H64O9Si. The van der Waals surface area contributed by atoms with Crippen LogP contribution >= 0.6 is 0 Å². The fourth-order valence-electron chi connectivity index (χ4n) is 10.7. The van der Waals surface area contributed by atoms with E-state index in [1.165, 1.54) is 10.4 Å². The van der Waals surface area contributed by atoms with Crippen LogP contribution in [-0.4, -0.2) is 94.0 Å². The lowest BCUT2D eigenvalue weighted by Gasteiger charge is -2.55. The number of ether oxygens (including phenoxy) is 7. The molecule has 0 saturated carbocycles. The number of hydrogen-bond donors (Lipinski definition) is 0. The van der Waals surface area contributed by atoms with E-state index in [0.717, 1.165) is 30.4 Å². The molecule has 330 valence electrons. The van der Waals surface area contributed by atoms with Crippen molar-refractivity contribution in [3.63, 3.8) is 0 Å². The van der Waals surface area contributed by atoms with E-state index < -0.39 is 20.0 Å². The molecule has 5 saturated heterocycles. The predicted octanol–water partition coefficient (Wildman–Crippen LogP) is 7.89. The lowest BCUT2D eigenvalue weighted by atomic mass is 9.80. The summed E-state index contributed by atoms with van der Waals surface area (Å²) in [4.78, 5) is 13.9. The fraction of sp³-hybridized carbons (Fsp3) is 0.519. The Morgan fingerprint density at radius 3 is 1.66 bits per heavy atom. The molecular weight excluding hydrogens is 797 g/mol. The van der Waals surface area contributed by atoms with Crippen molar-refractivity contribution < 1.29 is 42.4 Å². The number of ketones is 1. The minimum absolute atomic E-state index is 0.0700. The van der Waals surface area contributed by atoms with E-state index in [-0.39, 0.29) is 72.4 Å². The van der Waals surface area contributed by atoms with E-state index in [1.54, 1.807) is 0 Å². The average molecular weight is 861 g/mol. The van der Waals surface area contributed by atoms with Crippen LogP contribution < -0.4 is 10.4 Å². The van der Waals surface area contributed by atoms with Crippen LogP contribution in [-0.2, 0) is 55.6 Å². The van der Waals surface area contributed by atoms with Gasteiger partial charge in [-0.3, -0.25) is 4.79 Å². The van der Waals surface area contributed by atoms with Crippen LogP contribution in [0.15, 0.2) is 121 Å². The van der Waals surface area contributed by atoms with Crippen molar-refractivity contribution in [1.29, 1.82) is 0 Å². The maximum absolute atomic E-state index is 13.9. The predicted molar refractivity (Wildman–Crippen MR) is 240 cm³/mol. The summed E-state index contributed by atoms with van der Waals surface area (Å²) in [5, 5.41) is 2.14. The zero-order chi connectivity index (χ0) is 42.7. The van der Waals surface area contributed by atoms with Gasteiger partial charge < -0.3 is 37.6 Å². The summed E-state index contributed by atoms with van der Waals surface area (Å²) in [5.74, 6) is 0.0700. The van der Waals surface area contributed by atoms with Crippen LogP contribution in [0.2, 0.25) is 5.04 Å². The molecule has 0 spiro atoms. The van der Waals surface area contributed by atoms with Crippen LogP contribution in [0.5, 0.6) is 0 Å². The van der Waals surface area contributed by atoms with Gasteiger partial charge in [0.15, 0.2) is 5.78 Å². The first kappa shape index (κ1) is 43.7. The SMILES string of the molecule is CC(C)(C)[Si](OC[C@@H]1O[C@@H]2C[C@@H]3O[C@@H]4C[C@@H]5O[C@](C)(CCOCc6ccccc6)[C@@H](OCc6ccccc6)C[C@H]5O[C@H]4C[C@H]3O[C@H]2CCC1=O)(c1ccccc1)c1ccccc1. The third-order valence-electron chi connectivity index (χ3n) is 14.0. The topological polar surface area (TPSA) is 90.9 Å². The standard InChI is InChI=1S/C52H64O9Si/c1-51(2,3)62(38-21-13-7-14-22-38,39-23-15-8-16-24-39)56-35-49-40(53)25-26-41-42(60-49)29-44-43(57-41)30-45-46(58-44)31-48-47(59-45)32-50(55-34-37-19-11-6-12-20-37)52(4,61-48)27-28-54-33-36-17-9-5-10-18-36/h5-24,41-50H,25-35H2,1-4H3/t41-,42+,43+,44-,45-,46+,47+,48-,49-,50-,52+/m0/s1. The van der Waals surface area contributed by atoms with Gasteiger partial charge in [0.1, 0.15) is 6.10 Å². The van der Waals surface area contributed by atoms with Crippen molar-refractivity contribution >= 4 is 24.5 Å². The van der Waals surface area contributed by atoms with Gasteiger partial charge in [0.05, 0.1) is 80.4 Å². The summed E-state index contributed by atoms with van der Waals surface area (Å²) in [6, 6.07) is 41.7. The summed E-state index contributed by atoms with van der Waals surface area (Å²) in [6.07, 6.45) is 2.34. The largest absolute Gasteiger partial charge is 0.404 e. The number of benzene rings is 4. The smallest absolute Gasteiger partial charge is 0.261 e. The molecule has 62 heavy (non-hydrogen) atoms. The van der Waals surface area contributed by atoms with E-state index >= 15 is 0 Å². The van der Waals surface area contributed by atoms with Crippen LogP contribution in [0, 0.1) is 0 Å². The molecule has 5 aliphatic rings. The van der Waals surface area contributed by atoms with Gasteiger partial charge in [-0.1, -0.05) is 142 Å². The van der Waals surface area contributed by atoms with E-state index in [2.05, 4.69) is 100 Å². The summed E-state index contributed by atoms with van der Waals surface area (Å²) in [7, 11) is -2.87. The van der Waals surface area contributed by atoms with Crippen LogP contribution in [0.1, 0.15) is 83.8 Å². The van der Waals surface area contributed by atoms with Crippen LogP contribution in [0.3, 0.4) is 0 Å². The van der Waals surface area contributed by atoms with Crippen molar-refractivity contribution in [2.75, 3.05) is 13.2 Å². The third-order valence-corrected chi connectivity index (χ3v) is 19.0. The van der Waals surface area contributed by atoms with Gasteiger partial charge in [-0.25, -0.2) is 0 Å². The van der Waals surface area contributed by atoms with Gasteiger partial charge in [0.25, 0.3) is 8.32 Å². The molecule has 5 fully saturated rings. The summed E-state index contributed by atoms with van der Waals surface area (Å²) >= 11 is 0. The normalized spacial score (nSPS) is 32.4. The molecule has 0 N–H and O–H groups in total. The Balaban J connectivity index is 0.866. The Bertz CT molecular complexity index is 2010. The Labute approximate surface area is 368 Å². The summed E-state index contributed by atoms with van der Waals surface area (Å²) < 4.78 is 54.7. The quantitative estimate of drug-likeness (QED) is 0.0984. The first-order chi connectivity index (χ1) is 30.1. The second-order valence-corrected chi connectivity index (χ2v) is 23.6. The number of carbonyl (C=O) groups is 1. The highest BCUT2D eigenvalue weighted by molar-refractivity contribution is 6.99. The third kappa shape index (κ3) is 9.32. The van der Waals surface area contributed by atoms with Crippen LogP contribution in [0.4, 0.5) is 0 Å². The van der Waals surface area contributed by atoms with E-state index in [0.29, 0.717) is 45.5 Å². The molecule has 10 heteroatoms. The first-order valence-electron chi connectivity index (χ1n) is 22.9. The number of carbonyl (C=O) groups excluding carboxylic acids is 1. The minimum atomic E-state index is -2.87. The molecule has 0 aliphatic carbocycles. The average Bonchev–Trinajstić information content (AvgIpc) is 3.43. The molecule has 9 rings (SSSR count). The van der Waals surface area contributed by atoms with E-state index in [4.69, 9.17) is 37.6 Å². The monoisotopic (exact) mass is 860 g/mol. The molecule has 0 unspecified atom stereocenters. The second-order valence-electron chi connectivity index (χ2n) is 19.3. The number of Topliss-reactive ketones (excluding diaryl/α,β-unsaturated/α-hetero) is 1. The van der Waals surface area contributed by atoms with Gasteiger partial charge in [0.2, 0.25) is 0 Å². The molecule has 4 aromatic rings. The Morgan fingerprint density at radius 2 is 1.10 bits per heavy atom. The number of hydrogen-bond acceptors (Lipinski definition) is 9. The fourth-order valence-corrected chi connectivity index (χ4v) is 15.3. The molecule has 5 aliphatic heterocycles. The van der Waals surface area contributed by atoms with Crippen LogP contribution in [0.25, 0.3) is 0 Å². The molecule has 9 nitrogen and oxygen atoms in total. The van der Waals surface area contributed by atoms with Gasteiger partial charge in [-0.15, -0.1) is 0 Å². The van der Waals surface area contributed by atoms with Crippen molar-refractivity contribution in [2.24, 2.45) is 0 Å². The Morgan fingerprint density at radius 1 is 0.613 bits per heavy atom. The molecule has 4 aromatic carbocycles. The lowest BCUT2D eigenvalue weighted by Crippen LogP contribution is -2.67. The van der Waals surface area contributed by atoms with E-state index in [9.17, 15) is 4.79 Å². The highest BCUT2D eigenvalue weighted by Crippen LogP contribution is 2.46. The van der Waals surface area contributed by atoms with Gasteiger partial charge >= 0.3 is 0 Å². The minimum Gasteiger partial charge on any atom is -0.404 e. The van der Waals surface area contributed by atoms with Gasteiger partial charge in [0, 0.05) is 45.1 Å². The second kappa shape index (κ2) is 18.9. The zero-order valence-corrected chi connectivity index (χ0v) is 37.8. The Hall–Kier alpha value is -3.55. The Kier molecular flexibility index (Phi) is 13.3. The zero-order valence-electron chi connectivity index (χ0n) is 36.8. The molecule has 0 bridgehead atoms. The van der Waals surface area contributed by atoms with Gasteiger partial charge in [-0.05, 0) is 39.9 Å². The maximum Gasteiger partial charge on any atom is 0.261 e. The highest BCUT2D eigenvalue weighted by atomic mass is 28.4. The maximum atomic E-state index is 13.9. The number of rotatable bonds is 13. The lowest BCUT2D eigenvalue weighted by molar-refractivity contribution is -0.321. The van der Waals surface area contributed by atoms with Crippen molar-refractivity contribution in [3.8, 4) is 0 Å². The summed E-state index contributed by atoms with van der Waals surface area (Å²) in [6.45, 7) is 10.7. The van der Waals surface area contributed by atoms with Crippen molar-refractivity contribution in [1.82, 2.24) is 0 Å². The summed E-state index contributed by atoms with van der Waals surface area (Å²) in [5.41, 5.74) is 1.70. The molecule has 0 aromatic heterocycles.